The van der Waals surface area contributed by atoms with Crippen LogP contribution < -0.4 is 9.47 Å². The van der Waals surface area contributed by atoms with Crippen LogP contribution in [0.5, 0.6) is 11.5 Å². The molecule has 0 bridgehead atoms. The third-order valence-electron chi connectivity index (χ3n) is 6.48. The Labute approximate surface area is 183 Å². The van der Waals surface area contributed by atoms with Crippen molar-refractivity contribution in [1.29, 1.82) is 0 Å². The zero-order chi connectivity index (χ0) is 22.0. The fourth-order valence-corrected chi connectivity index (χ4v) is 4.71. The lowest BCUT2D eigenvalue weighted by atomic mass is 9.87. The molecule has 2 aliphatic rings. The van der Waals surface area contributed by atoms with Crippen molar-refractivity contribution in [2.24, 2.45) is 5.92 Å². The molecule has 0 N–H and O–H groups in total. The van der Waals surface area contributed by atoms with Gasteiger partial charge >= 0.3 is 0 Å². The van der Waals surface area contributed by atoms with Gasteiger partial charge in [-0.2, -0.15) is 0 Å². The van der Waals surface area contributed by atoms with Gasteiger partial charge in [-0.25, -0.2) is 0 Å². The van der Waals surface area contributed by atoms with Crippen molar-refractivity contribution in [3.63, 3.8) is 0 Å². The van der Waals surface area contributed by atoms with E-state index < -0.39 is 0 Å². The van der Waals surface area contributed by atoms with Gasteiger partial charge in [-0.05, 0) is 38.0 Å². The Bertz CT molecular complexity index is 950. The Kier molecular flexibility index (Phi) is 6.16. The molecule has 2 amide bonds. The maximum absolute atomic E-state index is 13.4. The molecule has 31 heavy (non-hydrogen) atoms. The Morgan fingerprint density at radius 1 is 0.903 bits per heavy atom. The molecule has 2 aliphatic heterocycles. The van der Waals surface area contributed by atoms with Crippen molar-refractivity contribution in [2.75, 3.05) is 40.4 Å². The Balaban J connectivity index is 1.66. The second-order valence-corrected chi connectivity index (χ2v) is 8.43. The van der Waals surface area contributed by atoms with E-state index in [1.165, 1.54) is 0 Å². The lowest BCUT2D eigenvalue weighted by Gasteiger charge is -2.25. The molecule has 0 aliphatic carbocycles. The Morgan fingerprint density at radius 2 is 1.61 bits per heavy atom. The summed E-state index contributed by atoms with van der Waals surface area (Å²) < 4.78 is 11.0. The van der Waals surface area contributed by atoms with Gasteiger partial charge in [-0.1, -0.05) is 23.8 Å². The summed E-state index contributed by atoms with van der Waals surface area (Å²) in [5, 5.41) is 0. The highest BCUT2D eigenvalue weighted by Gasteiger charge is 2.43. The standard InChI is InChI=1S/C25H30N2O4/c1-17-6-8-18(9-7-17)24(28)27-15-21(20-11-10-19(30-2)14-23(20)31-3)22(16-27)25(29)26-12-4-5-13-26/h6-11,14,21-22H,4-5,12-13,15-16H2,1-3H3/t21-,22+/m1/s1. The number of amides is 2. The third kappa shape index (κ3) is 4.24. The van der Waals surface area contributed by atoms with Crippen LogP contribution in [0.4, 0.5) is 0 Å². The topological polar surface area (TPSA) is 59.1 Å². The van der Waals surface area contributed by atoms with Crippen molar-refractivity contribution in [3.8, 4) is 11.5 Å². The zero-order valence-corrected chi connectivity index (χ0v) is 18.5. The van der Waals surface area contributed by atoms with Crippen molar-refractivity contribution >= 4 is 11.8 Å². The molecule has 2 atom stereocenters. The summed E-state index contributed by atoms with van der Waals surface area (Å²) in [6, 6.07) is 13.3. The van der Waals surface area contributed by atoms with E-state index in [9.17, 15) is 9.59 Å². The van der Waals surface area contributed by atoms with Gasteiger partial charge in [0.2, 0.25) is 5.91 Å². The first-order chi connectivity index (χ1) is 15.0. The fourth-order valence-electron chi connectivity index (χ4n) is 4.71. The number of ether oxygens (including phenoxy) is 2. The molecular formula is C25H30N2O4. The number of hydrogen-bond donors (Lipinski definition) is 0. The second kappa shape index (κ2) is 9.00. The van der Waals surface area contributed by atoms with Crippen molar-refractivity contribution in [2.45, 2.75) is 25.7 Å². The first-order valence-corrected chi connectivity index (χ1v) is 10.9. The van der Waals surface area contributed by atoms with Crippen LogP contribution in [0.25, 0.3) is 0 Å². The predicted octanol–water partition coefficient (Wildman–Crippen LogP) is 3.49. The SMILES string of the molecule is COc1ccc([C@H]2CN(C(=O)c3ccc(C)cc3)C[C@@H]2C(=O)N2CCCC2)c(OC)c1. The van der Waals surface area contributed by atoms with Crippen LogP contribution in [-0.2, 0) is 4.79 Å². The normalized spacial score (nSPS) is 20.7. The van der Waals surface area contributed by atoms with E-state index in [0.717, 1.165) is 37.1 Å². The number of aryl methyl sites for hydroxylation is 1. The molecule has 2 fully saturated rings. The van der Waals surface area contributed by atoms with Gasteiger partial charge in [0.25, 0.3) is 5.91 Å². The summed E-state index contributed by atoms with van der Waals surface area (Å²) in [6.45, 7) is 4.50. The first-order valence-electron chi connectivity index (χ1n) is 10.9. The number of methoxy groups -OCH3 is 2. The molecule has 0 radical (unpaired) electrons. The average Bonchev–Trinajstić information content (AvgIpc) is 3.49. The number of nitrogens with zero attached hydrogens (tertiary/aromatic N) is 2. The van der Waals surface area contributed by atoms with Crippen LogP contribution in [0, 0.1) is 12.8 Å². The minimum Gasteiger partial charge on any atom is -0.497 e. The summed E-state index contributed by atoms with van der Waals surface area (Å²) in [4.78, 5) is 30.4. The molecular weight excluding hydrogens is 392 g/mol. The van der Waals surface area contributed by atoms with E-state index in [4.69, 9.17) is 9.47 Å². The molecule has 0 aromatic heterocycles. The van der Waals surface area contributed by atoms with Crippen molar-refractivity contribution in [3.05, 3.63) is 59.2 Å². The summed E-state index contributed by atoms with van der Waals surface area (Å²) in [6.07, 6.45) is 2.09. The lowest BCUT2D eigenvalue weighted by molar-refractivity contribution is -0.134. The highest BCUT2D eigenvalue weighted by molar-refractivity contribution is 5.95. The quantitative estimate of drug-likeness (QED) is 0.740. The number of likely N-dealkylation sites (tertiary alicyclic amines) is 2. The van der Waals surface area contributed by atoms with Gasteiger partial charge in [0.1, 0.15) is 11.5 Å². The van der Waals surface area contributed by atoms with E-state index in [1.807, 2.05) is 59.2 Å². The average molecular weight is 423 g/mol. The van der Waals surface area contributed by atoms with Crippen molar-refractivity contribution < 1.29 is 19.1 Å². The fraction of sp³-hybridized carbons (Fsp3) is 0.440. The molecule has 2 saturated heterocycles. The molecule has 4 rings (SSSR count). The summed E-state index contributed by atoms with van der Waals surface area (Å²) in [5.74, 6) is 1.09. The van der Waals surface area contributed by atoms with Crippen LogP contribution in [0.15, 0.2) is 42.5 Å². The van der Waals surface area contributed by atoms with Gasteiger partial charge in [0, 0.05) is 49.3 Å². The van der Waals surface area contributed by atoms with E-state index in [1.54, 1.807) is 14.2 Å². The number of carbonyl (C=O) groups excluding carboxylic acids is 2. The van der Waals surface area contributed by atoms with Crippen LogP contribution in [-0.4, -0.2) is 62.0 Å². The largest absolute Gasteiger partial charge is 0.497 e. The molecule has 0 spiro atoms. The Hall–Kier alpha value is -3.02. The highest BCUT2D eigenvalue weighted by atomic mass is 16.5. The summed E-state index contributed by atoms with van der Waals surface area (Å²) in [5.41, 5.74) is 2.71. The molecule has 164 valence electrons. The zero-order valence-electron chi connectivity index (χ0n) is 18.5. The second-order valence-electron chi connectivity index (χ2n) is 8.43. The van der Waals surface area contributed by atoms with Crippen LogP contribution in [0.3, 0.4) is 0 Å². The summed E-state index contributed by atoms with van der Waals surface area (Å²) >= 11 is 0. The monoisotopic (exact) mass is 422 g/mol. The lowest BCUT2D eigenvalue weighted by Crippen LogP contribution is -2.37. The third-order valence-corrected chi connectivity index (χ3v) is 6.48. The van der Waals surface area contributed by atoms with Crippen LogP contribution in [0.1, 0.15) is 40.2 Å². The minimum atomic E-state index is -0.283. The van der Waals surface area contributed by atoms with Gasteiger partial charge in [0.15, 0.2) is 0 Å². The number of hydrogen-bond acceptors (Lipinski definition) is 4. The van der Waals surface area contributed by atoms with Gasteiger partial charge in [-0.3, -0.25) is 9.59 Å². The van der Waals surface area contributed by atoms with E-state index in [0.29, 0.717) is 30.2 Å². The molecule has 6 heteroatoms. The molecule has 2 aromatic carbocycles. The molecule has 2 aromatic rings. The van der Waals surface area contributed by atoms with Crippen LogP contribution in [0.2, 0.25) is 0 Å². The van der Waals surface area contributed by atoms with Gasteiger partial charge < -0.3 is 19.3 Å². The van der Waals surface area contributed by atoms with E-state index in [-0.39, 0.29) is 23.7 Å². The number of rotatable bonds is 5. The van der Waals surface area contributed by atoms with E-state index in [2.05, 4.69) is 0 Å². The number of carbonyl (C=O) groups is 2. The minimum absolute atomic E-state index is 0.0331. The van der Waals surface area contributed by atoms with Gasteiger partial charge in [-0.15, -0.1) is 0 Å². The molecule has 6 nitrogen and oxygen atoms in total. The number of benzene rings is 2. The van der Waals surface area contributed by atoms with Crippen molar-refractivity contribution in [1.82, 2.24) is 9.80 Å². The highest BCUT2D eigenvalue weighted by Crippen LogP contribution is 2.40. The summed E-state index contributed by atoms with van der Waals surface area (Å²) in [7, 11) is 3.24. The van der Waals surface area contributed by atoms with Gasteiger partial charge in [0.05, 0.1) is 20.1 Å². The molecule has 0 unspecified atom stereocenters. The Morgan fingerprint density at radius 3 is 2.26 bits per heavy atom. The first kappa shape index (κ1) is 21.2. The van der Waals surface area contributed by atoms with Crippen LogP contribution >= 0.6 is 0 Å². The molecule has 2 heterocycles. The smallest absolute Gasteiger partial charge is 0.253 e. The van der Waals surface area contributed by atoms with E-state index >= 15 is 0 Å². The maximum Gasteiger partial charge on any atom is 0.253 e. The maximum atomic E-state index is 13.4. The predicted molar refractivity (Wildman–Crippen MR) is 119 cm³/mol. The molecule has 0 saturated carbocycles.